The van der Waals surface area contributed by atoms with Crippen LogP contribution in [0.1, 0.15) is 62.8 Å². The van der Waals surface area contributed by atoms with Crippen LogP contribution in [0.25, 0.3) is 0 Å². The second-order valence-corrected chi connectivity index (χ2v) is 15.2. The molecule has 11 nitrogen and oxygen atoms in total. The number of allylic oxidation sites excluding steroid dienone is 3. The van der Waals surface area contributed by atoms with Gasteiger partial charge in [-0.15, -0.1) is 0 Å². The van der Waals surface area contributed by atoms with Gasteiger partial charge in [0.25, 0.3) is 5.69 Å². The van der Waals surface area contributed by atoms with Crippen LogP contribution in [0.15, 0.2) is 107 Å². The molecule has 3 heterocycles. The molecular formula is C38H45N4O7P. The fraction of sp³-hybridized carbons (Fsp3) is 0.395. The van der Waals surface area contributed by atoms with Crippen LogP contribution in [-0.4, -0.2) is 72.2 Å². The lowest BCUT2D eigenvalue weighted by molar-refractivity contribution is -0.384. The van der Waals surface area contributed by atoms with Crippen molar-refractivity contribution in [3.63, 3.8) is 0 Å². The topological polar surface area (TPSA) is 123 Å². The van der Waals surface area contributed by atoms with Crippen LogP contribution in [0, 0.1) is 10.1 Å². The van der Waals surface area contributed by atoms with Crippen LogP contribution in [0.5, 0.6) is 0 Å². The molecule has 0 radical (unpaired) electrons. The number of ether oxygens (including phenoxy) is 1. The Morgan fingerprint density at radius 2 is 1.52 bits per heavy atom. The third-order valence-corrected chi connectivity index (χ3v) is 12.1. The molecule has 264 valence electrons. The molecule has 50 heavy (non-hydrogen) atoms. The highest BCUT2D eigenvalue weighted by molar-refractivity contribution is 7.58. The molecule has 3 atom stereocenters. The van der Waals surface area contributed by atoms with E-state index in [0.29, 0.717) is 29.9 Å². The molecule has 1 N–H and O–H groups in total. The number of nitrogens with one attached hydrogen (secondary N) is 1. The zero-order chi connectivity index (χ0) is 35.4. The Balaban J connectivity index is 1.17. The summed E-state index contributed by atoms with van der Waals surface area (Å²) in [6, 6.07) is 27.3. The highest BCUT2D eigenvalue weighted by Crippen LogP contribution is 2.67. The standard InChI is InChI=1S/C38H45N4O7P/c1-26-24-27(2)49-50(46,48-26)37-29(4)39-28(3)34(35(37)32-16-11-17-33(25-32)42(44)45)38(43)47-23-22-40-18-20-41(21-19-40)36(30-12-7-5-8-13-30)31-14-9-6-10-15-31/h5-17,25-27,35-36,39H,18-24H2,1-4H3/t26-,27-,35+/m1/s1. The number of nitro benzene ring substituents is 1. The summed E-state index contributed by atoms with van der Waals surface area (Å²) in [7, 11) is -3.94. The van der Waals surface area contributed by atoms with Gasteiger partial charge in [0.15, 0.2) is 0 Å². The largest absolute Gasteiger partial charge is 0.461 e. The molecule has 0 spiro atoms. The molecule has 0 unspecified atom stereocenters. The summed E-state index contributed by atoms with van der Waals surface area (Å²) in [4.78, 5) is 30.1. The van der Waals surface area contributed by atoms with E-state index < -0.39 is 24.4 Å². The number of hydrogen-bond donors (Lipinski definition) is 1. The number of carbonyl (C=O) groups is 1. The second-order valence-electron chi connectivity index (χ2n) is 13.3. The van der Waals surface area contributed by atoms with Gasteiger partial charge in [-0.3, -0.25) is 24.5 Å². The molecule has 3 aromatic carbocycles. The summed E-state index contributed by atoms with van der Waals surface area (Å²) in [5.41, 5.74) is 4.04. The summed E-state index contributed by atoms with van der Waals surface area (Å²) in [6.45, 7) is 11.2. The van der Waals surface area contributed by atoms with Gasteiger partial charge in [-0.1, -0.05) is 72.8 Å². The van der Waals surface area contributed by atoms with Crippen LogP contribution in [0.2, 0.25) is 0 Å². The third-order valence-electron chi connectivity index (χ3n) is 9.60. The van der Waals surface area contributed by atoms with Gasteiger partial charge in [-0.2, -0.15) is 0 Å². The molecule has 3 aromatic rings. The predicted octanol–water partition coefficient (Wildman–Crippen LogP) is 7.14. The highest BCUT2D eigenvalue weighted by Gasteiger charge is 2.48. The lowest BCUT2D eigenvalue weighted by atomic mass is 9.86. The lowest BCUT2D eigenvalue weighted by Gasteiger charge is -2.40. The minimum absolute atomic E-state index is 0.144. The van der Waals surface area contributed by atoms with Crippen molar-refractivity contribution >= 4 is 19.3 Å². The van der Waals surface area contributed by atoms with E-state index in [-0.39, 0.29) is 41.4 Å². The van der Waals surface area contributed by atoms with E-state index in [1.807, 2.05) is 26.0 Å². The first-order chi connectivity index (χ1) is 24.0. The van der Waals surface area contributed by atoms with Gasteiger partial charge in [0, 0.05) is 62.7 Å². The van der Waals surface area contributed by atoms with Gasteiger partial charge < -0.3 is 19.1 Å². The Bertz CT molecular complexity index is 1750. The number of nitro groups is 1. The van der Waals surface area contributed by atoms with E-state index in [4.69, 9.17) is 13.8 Å². The minimum atomic E-state index is -3.94. The Labute approximate surface area is 293 Å². The first-order valence-electron chi connectivity index (χ1n) is 17.2. The van der Waals surface area contributed by atoms with Crippen molar-refractivity contribution in [3.05, 3.63) is 134 Å². The Kier molecular flexibility index (Phi) is 11.0. The third kappa shape index (κ3) is 7.77. The van der Waals surface area contributed by atoms with E-state index in [9.17, 15) is 19.5 Å². The van der Waals surface area contributed by atoms with Crippen molar-refractivity contribution in [2.45, 2.75) is 58.3 Å². The molecule has 0 aliphatic carbocycles. The number of esters is 1. The molecule has 0 saturated carbocycles. The monoisotopic (exact) mass is 700 g/mol. The second kappa shape index (κ2) is 15.4. The van der Waals surface area contributed by atoms with E-state index >= 15 is 0 Å². The van der Waals surface area contributed by atoms with Gasteiger partial charge in [0.05, 0.1) is 40.0 Å². The molecule has 2 fully saturated rings. The zero-order valence-corrected chi connectivity index (χ0v) is 29.9. The van der Waals surface area contributed by atoms with Crippen molar-refractivity contribution < 1.29 is 28.1 Å². The van der Waals surface area contributed by atoms with Crippen LogP contribution in [-0.2, 0) is 23.1 Å². The number of piperazine rings is 1. The first kappa shape index (κ1) is 35.7. The molecule has 2 saturated heterocycles. The van der Waals surface area contributed by atoms with Crippen LogP contribution in [0.4, 0.5) is 5.69 Å². The van der Waals surface area contributed by atoms with Gasteiger partial charge in [0.2, 0.25) is 0 Å². The van der Waals surface area contributed by atoms with Gasteiger partial charge in [-0.05, 0) is 44.4 Å². The SMILES string of the molecule is CC1=C(C(=O)OCCN2CCN(C(c3ccccc3)c3ccccc3)CC2)[C@H](c2cccc([N+](=O)[O-])c2)C(P2(=O)O[C@H](C)C[C@@H](C)O2)=C(C)N1. The molecule has 3 aliphatic heterocycles. The summed E-state index contributed by atoms with van der Waals surface area (Å²) in [6.07, 6.45) is -0.147. The van der Waals surface area contributed by atoms with Crippen molar-refractivity contribution in [3.8, 4) is 0 Å². The number of benzene rings is 3. The van der Waals surface area contributed by atoms with Crippen molar-refractivity contribution in [2.24, 2.45) is 0 Å². The maximum atomic E-state index is 14.5. The number of non-ortho nitro benzene ring substituents is 1. The fourth-order valence-electron chi connectivity index (χ4n) is 7.40. The summed E-state index contributed by atoms with van der Waals surface area (Å²) in [5.74, 6) is -1.53. The maximum absolute atomic E-state index is 14.5. The smallest absolute Gasteiger partial charge is 0.360 e. The molecule has 0 amide bonds. The zero-order valence-electron chi connectivity index (χ0n) is 29.0. The fourth-order valence-corrected chi connectivity index (χ4v) is 9.86. The minimum Gasteiger partial charge on any atom is -0.461 e. The van der Waals surface area contributed by atoms with Crippen LogP contribution >= 0.6 is 7.60 Å². The summed E-state index contributed by atoms with van der Waals surface area (Å²) in [5, 5.41) is 15.2. The summed E-state index contributed by atoms with van der Waals surface area (Å²) < 4.78 is 32.4. The Morgan fingerprint density at radius 3 is 2.10 bits per heavy atom. The normalized spacial score (nSPS) is 25.0. The maximum Gasteiger partial charge on any atom is 0.360 e. The van der Waals surface area contributed by atoms with E-state index in [0.717, 1.165) is 26.2 Å². The van der Waals surface area contributed by atoms with Crippen molar-refractivity contribution in [2.75, 3.05) is 39.3 Å². The molecule has 0 aromatic heterocycles. The van der Waals surface area contributed by atoms with E-state index in [2.05, 4.69) is 63.6 Å². The lowest BCUT2D eigenvalue weighted by Crippen LogP contribution is -2.48. The van der Waals surface area contributed by atoms with E-state index in [1.165, 1.54) is 23.3 Å². The number of dihydropyridines is 1. The van der Waals surface area contributed by atoms with Gasteiger partial charge in [0.1, 0.15) is 6.61 Å². The van der Waals surface area contributed by atoms with Crippen LogP contribution in [0.3, 0.4) is 0 Å². The van der Waals surface area contributed by atoms with Gasteiger partial charge in [-0.25, -0.2) is 4.79 Å². The number of hydrogen-bond acceptors (Lipinski definition) is 10. The molecule has 12 heteroatoms. The molecule has 0 bridgehead atoms. The number of rotatable bonds is 10. The van der Waals surface area contributed by atoms with Gasteiger partial charge >= 0.3 is 13.6 Å². The molecule has 3 aliphatic rings. The Hall–Kier alpha value is -4.12. The van der Waals surface area contributed by atoms with Crippen LogP contribution < -0.4 is 5.32 Å². The molecular weight excluding hydrogens is 655 g/mol. The molecule has 6 rings (SSSR count). The first-order valence-corrected chi connectivity index (χ1v) is 18.7. The number of carbonyl (C=O) groups excluding carboxylic acids is 1. The Morgan fingerprint density at radius 1 is 0.920 bits per heavy atom. The van der Waals surface area contributed by atoms with E-state index in [1.54, 1.807) is 26.0 Å². The summed E-state index contributed by atoms with van der Waals surface area (Å²) >= 11 is 0. The predicted molar refractivity (Wildman–Crippen MR) is 191 cm³/mol. The number of nitrogens with zero attached hydrogens (tertiary/aromatic N) is 3. The highest BCUT2D eigenvalue weighted by atomic mass is 31.2. The average Bonchev–Trinajstić information content (AvgIpc) is 3.09. The average molecular weight is 701 g/mol. The quantitative estimate of drug-likeness (QED) is 0.101. The van der Waals surface area contributed by atoms with Crippen molar-refractivity contribution in [1.82, 2.24) is 15.1 Å². The van der Waals surface area contributed by atoms with Crippen molar-refractivity contribution in [1.29, 1.82) is 0 Å².